The molecule has 4 rings (SSSR count). The number of H-pyrrole nitrogens is 1. The number of para-hydroxylation sites is 1. The Bertz CT molecular complexity index is 1160. The van der Waals surface area contributed by atoms with Gasteiger partial charge in [-0.05, 0) is 49.6 Å². The number of nitrogens with one attached hydrogen (secondary N) is 2. The molecule has 1 aliphatic rings. The quantitative estimate of drug-likeness (QED) is 0.489. The van der Waals surface area contributed by atoms with Crippen molar-refractivity contribution in [3.63, 3.8) is 0 Å². The van der Waals surface area contributed by atoms with E-state index in [0.29, 0.717) is 48.5 Å². The Hall–Kier alpha value is -3.10. The van der Waals surface area contributed by atoms with Crippen molar-refractivity contribution in [3.05, 3.63) is 64.4 Å². The second-order valence-corrected chi connectivity index (χ2v) is 8.34. The number of likely N-dealkylation sites (N-methyl/N-ethyl adjacent to an activating group) is 1. The van der Waals surface area contributed by atoms with Crippen LogP contribution in [-0.2, 0) is 6.54 Å². The summed E-state index contributed by atoms with van der Waals surface area (Å²) in [5, 5.41) is 4.80. The third-order valence-electron chi connectivity index (χ3n) is 5.84. The summed E-state index contributed by atoms with van der Waals surface area (Å²) < 4.78 is 11.4. The molecule has 2 aromatic carbocycles. The third kappa shape index (κ3) is 5.64. The molecule has 8 heteroatoms. The van der Waals surface area contributed by atoms with Crippen molar-refractivity contribution in [1.82, 2.24) is 14.8 Å². The Morgan fingerprint density at radius 3 is 2.42 bits per heavy atom. The number of hydrogen-bond acceptors (Lipinski definition) is 5. The van der Waals surface area contributed by atoms with Gasteiger partial charge in [-0.1, -0.05) is 32.0 Å². The van der Waals surface area contributed by atoms with Gasteiger partial charge in [-0.15, -0.1) is 0 Å². The van der Waals surface area contributed by atoms with Gasteiger partial charge in [0.15, 0.2) is 16.6 Å². The minimum absolute atomic E-state index is 0.130. The van der Waals surface area contributed by atoms with Gasteiger partial charge < -0.3 is 29.6 Å². The zero-order valence-electron chi connectivity index (χ0n) is 19.1. The van der Waals surface area contributed by atoms with Gasteiger partial charge in [-0.2, -0.15) is 0 Å². The van der Waals surface area contributed by atoms with Crippen LogP contribution in [0.5, 0.6) is 11.5 Å². The zero-order chi connectivity index (χ0) is 23.2. The smallest absolute Gasteiger partial charge is 0.253 e. The summed E-state index contributed by atoms with van der Waals surface area (Å²) in [4.78, 5) is 20.3. The average molecular weight is 467 g/mol. The molecule has 0 radical (unpaired) electrons. The maximum Gasteiger partial charge on any atom is 0.253 e. The molecule has 0 spiro atoms. The van der Waals surface area contributed by atoms with Crippen LogP contribution in [0.1, 0.15) is 19.4 Å². The lowest BCUT2D eigenvalue weighted by Crippen LogP contribution is -2.41. The lowest BCUT2D eigenvalue weighted by Gasteiger charge is -2.29. The molecule has 2 heterocycles. The molecule has 3 aromatic rings. The molecular weight excluding hydrogens is 436 g/mol. The summed E-state index contributed by atoms with van der Waals surface area (Å²) in [5.41, 5.74) is 2.17. The number of benzene rings is 2. The number of thiocarbonyl (C=S) groups is 1. The molecule has 0 atom stereocenters. The summed E-state index contributed by atoms with van der Waals surface area (Å²) in [5.74, 6) is 1.36. The predicted octanol–water partition coefficient (Wildman–Crippen LogP) is 3.84. The maximum atomic E-state index is 12.9. The van der Waals surface area contributed by atoms with Gasteiger partial charge in [-0.3, -0.25) is 4.79 Å². The van der Waals surface area contributed by atoms with Crippen molar-refractivity contribution in [3.8, 4) is 11.5 Å². The molecule has 0 aliphatic carbocycles. The standard InChI is InChI=1S/C25H30N4O3S/c1-3-28(4-2)10-11-29(25(33)26-20-8-6-5-7-9-20)17-19-14-18-15-22-23(32-13-12-31-22)16-21(18)27-24(19)30/h5-9,14-16H,3-4,10-13,17H2,1-2H3,(H,26,33)(H,27,30). The predicted molar refractivity (Wildman–Crippen MR) is 136 cm³/mol. The molecule has 174 valence electrons. The number of nitrogens with zero attached hydrogens (tertiary/aromatic N) is 2. The minimum atomic E-state index is -0.130. The lowest BCUT2D eigenvalue weighted by molar-refractivity contribution is 0.172. The number of aromatic nitrogens is 1. The number of pyridine rings is 1. The van der Waals surface area contributed by atoms with Crippen molar-refractivity contribution >= 4 is 33.9 Å². The fourth-order valence-electron chi connectivity index (χ4n) is 3.89. The topological polar surface area (TPSA) is 69.8 Å². The molecule has 0 bridgehead atoms. The van der Waals surface area contributed by atoms with Crippen LogP contribution in [0.2, 0.25) is 0 Å². The molecule has 33 heavy (non-hydrogen) atoms. The van der Waals surface area contributed by atoms with Crippen LogP contribution in [0.15, 0.2) is 53.3 Å². The Balaban J connectivity index is 1.60. The van der Waals surface area contributed by atoms with Gasteiger partial charge in [0.25, 0.3) is 5.56 Å². The van der Waals surface area contributed by atoms with E-state index in [-0.39, 0.29) is 5.56 Å². The highest BCUT2D eigenvalue weighted by atomic mass is 32.1. The molecule has 0 unspecified atom stereocenters. The van der Waals surface area contributed by atoms with Gasteiger partial charge in [-0.25, -0.2) is 0 Å². The van der Waals surface area contributed by atoms with E-state index in [0.717, 1.165) is 36.2 Å². The van der Waals surface area contributed by atoms with Crippen molar-refractivity contribution in [2.24, 2.45) is 0 Å². The Morgan fingerprint density at radius 1 is 1.03 bits per heavy atom. The Morgan fingerprint density at radius 2 is 1.73 bits per heavy atom. The monoisotopic (exact) mass is 466 g/mol. The highest BCUT2D eigenvalue weighted by Gasteiger charge is 2.17. The van der Waals surface area contributed by atoms with Crippen LogP contribution in [0.3, 0.4) is 0 Å². The van der Waals surface area contributed by atoms with E-state index in [4.69, 9.17) is 21.7 Å². The van der Waals surface area contributed by atoms with Crippen LogP contribution in [0.4, 0.5) is 5.69 Å². The first-order valence-electron chi connectivity index (χ1n) is 11.4. The second-order valence-electron chi connectivity index (χ2n) is 7.95. The van der Waals surface area contributed by atoms with Gasteiger partial charge in [0.1, 0.15) is 13.2 Å². The Labute approximate surface area is 199 Å². The number of hydrogen-bond donors (Lipinski definition) is 2. The highest BCUT2D eigenvalue weighted by Crippen LogP contribution is 2.33. The number of aromatic amines is 1. The van der Waals surface area contributed by atoms with Crippen LogP contribution < -0.4 is 20.3 Å². The van der Waals surface area contributed by atoms with E-state index in [1.54, 1.807) is 0 Å². The molecule has 0 saturated carbocycles. The number of ether oxygens (including phenoxy) is 2. The van der Waals surface area contributed by atoms with E-state index in [9.17, 15) is 4.79 Å². The lowest BCUT2D eigenvalue weighted by atomic mass is 10.1. The summed E-state index contributed by atoms with van der Waals surface area (Å²) in [6, 6.07) is 15.5. The van der Waals surface area contributed by atoms with E-state index in [2.05, 4.69) is 33.9 Å². The molecule has 1 aliphatic heterocycles. The SMILES string of the molecule is CCN(CC)CCN(Cc1cc2cc3c(cc2[nH]c1=O)OCCO3)C(=S)Nc1ccccc1. The highest BCUT2D eigenvalue weighted by molar-refractivity contribution is 7.80. The first-order chi connectivity index (χ1) is 16.1. The van der Waals surface area contributed by atoms with Crippen molar-refractivity contribution < 1.29 is 9.47 Å². The van der Waals surface area contributed by atoms with Gasteiger partial charge in [0.2, 0.25) is 0 Å². The van der Waals surface area contributed by atoms with Crippen LogP contribution >= 0.6 is 12.2 Å². The van der Waals surface area contributed by atoms with E-state index in [1.165, 1.54) is 0 Å². The second kappa shape index (κ2) is 10.7. The number of rotatable bonds is 8. The zero-order valence-corrected chi connectivity index (χ0v) is 19.9. The largest absolute Gasteiger partial charge is 0.486 e. The molecule has 0 amide bonds. The summed E-state index contributed by atoms with van der Waals surface area (Å²) >= 11 is 5.75. The molecule has 2 N–H and O–H groups in total. The van der Waals surface area contributed by atoms with Crippen LogP contribution in [0, 0.1) is 0 Å². The maximum absolute atomic E-state index is 12.9. The van der Waals surface area contributed by atoms with Gasteiger partial charge >= 0.3 is 0 Å². The van der Waals surface area contributed by atoms with E-state index in [1.807, 2.05) is 48.5 Å². The minimum Gasteiger partial charge on any atom is -0.486 e. The normalized spacial score (nSPS) is 12.7. The van der Waals surface area contributed by atoms with Gasteiger partial charge in [0.05, 0.1) is 12.1 Å². The van der Waals surface area contributed by atoms with Crippen molar-refractivity contribution in [1.29, 1.82) is 0 Å². The fourth-order valence-corrected chi connectivity index (χ4v) is 4.16. The number of fused-ring (bicyclic) bond motifs is 2. The van der Waals surface area contributed by atoms with Crippen LogP contribution in [0.25, 0.3) is 10.9 Å². The van der Waals surface area contributed by atoms with Crippen molar-refractivity contribution in [2.75, 3.05) is 44.7 Å². The third-order valence-corrected chi connectivity index (χ3v) is 6.20. The van der Waals surface area contributed by atoms with E-state index >= 15 is 0 Å². The molecule has 0 fully saturated rings. The molecular formula is C25H30N4O3S. The summed E-state index contributed by atoms with van der Waals surface area (Å²) in [7, 11) is 0. The molecule has 0 saturated heterocycles. The fraction of sp³-hybridized carbons (Fsp3) is 0.360. The van der Waals surface area contributed by atoms with Crippen molar-refractivity contribution in [2.45, 2.75) is 20.4 Å². The average Bonchev–Trinajstić information content (AvgIpc) is 2.83. The number of anilines is 1. The van der Waals surface area contributed by atoms with E-state index < -0.39 is 0 Å². The molecule has 7 nitrogen and oxygen atoms in total. The molecule has 1 aromatic heterocycles. The first kappa shape index (κ1) is 23.1. The summed E-state index contributed by atoms with van der Waals surface area (Å²) in [6.07, 6.45) is 0. The van der Waals surface area contributed by atoms with Crippen LogP contribution in [-0.4, -0.2) is 59.3 Å². The first-order valence-corrected chi connectivity index (χ1v) is 11.8. The summed E-state index contributed by atoms with van der Waals surface area (Å²) in [6.45, 7) is 9.22. The Kier molecular flexibility index (Phi) is 7.47. The van der Waals surface area contributed by atoms with Gasteiger partial charge in [0, 0.05) is 35.8 Å².